The van der Waals surface area contributed by atoms with Gasteiger partial charge in [-0.2, -0.15) is 0 Å². The summed E-state index contributed by atoms with van der Waals surface area (Å²) in [6.07, 6.45) is 2.07. The Morgan fingerprint density at radius 1 is 1.30 bits per heavy atom. The minimum Gasteiger partial charge on any atom is -0.493 e. The van der Waals surface area contributed by atoms with E-state index in [1.165, 1.54) is 15.6 Å². The van der Waals surface area contributed by atoms with E-state index in [1.807, 2.05) is 0 Å². The number of likely N-dealkylation sites (N-methyl/N-ethyl adjacent to an activating group) is 1. The Labute approximate surface area is 131 Å². The second kappa shape index (κ2) is 6.95. The fourth-order valence-electron chi connectivity index (χ4n) is 2.91. The molecule has 112 valence electrons. The third kappa shape index (κ3) is 3.56. The average Bonchev–Trinajstić information content (AvgIpc) is 2.85. The molecule has 0 saturated heterocycles. The second-order valence-electron chi connectivity index (χ2n) is 6.12. The Hall–Kier alpha value is -0.540. The van der Waals surface area contributed by atoms with Crippen molar-refractivity contribution in [2.75, 3.05) is 13.2 Å². The third-order valence-electron chi connectivity index (χ3n) is 4.42. The lowest BCUT2D eigenvalue weighted by atomic mass is 9.86. The maximum absolute atomic E-state index is 5.86. The standard InChI is InChI=1S/C17H26BrNO/c1-5-19-16(12(4)11(2)3)10-14-9-15(18)8-13-6-7-20-17(13)14/h8-9,11-12,16,19H,5-7,10H2,1-4H3. The van der Waals surface area contributed by atoms with Crippen LogP contribution in [0.25, 0.3) is 0 Å². The molecule has 1 aromatic carbocycles. The van der Waals surface area contributed by atoms with Gasteiger partial charge in [0, 0.05) is 16.9 Å². The summed E-state index contributed by atoms with van der Waals surface area (Å²) in [5.41, 5.74) is 2.69. The number of ether oxygens (including phenoxy) is 1. The van der Waals surface area contributed by atoms with Crippen LogP contribution < -0.4 is 10.1 Å². The van der Waals surface area contributed by atoms with E-state index in [0.717, 1.165) is 31.7 Å². The number of hydrogen-bond donors (Lipinski definition) is 1. The van der Waals surface area contributed by atoms with E-state index in [-0.39, 0.29) is 0 Å². The molecule has 0 amide bonds. The topological polar surface area (TPSA) is 21.3 Å². The van der Waals surface area contributed by atoms with Crippen molar-refractivity contribution in [2.45, 2.75) is 46.6 Å². The predicted octanol–water partition coefficient (Wildman–Crippen LogP) is 4.20. The molecule has 2 unspecified atom stereocenters. The summed E-state index contributed by atoms with van der Waals surface area (Å²) in [5, 5.41) is 3.65. The zero-order valence-electron chi connectivity index (χ0n) is 13.0. The van der Waals surface area contributed by atoms with Crippen LogP contribution in [0.3, 0.4) is 0 Å². The minimum atomic E-state index is 0.502. The van der Waals surface area contributed by atoms with Crippen molar-refractivity contribution in [3.8, 4) is 5.75 Å². The molecule has 0 radical (unpaired) electrons. The minimum absolute atomic E-state index is 0.502. The maximum atomic E-state index is 5.86. The number of hydrogen-bond acceptors (Lipinski definition) is 2. The van der Waals surface area contributed by atoms with E-state index in [9.17, 15) is 0 Å². The van der Waals surface area contributed by atoms with Gasteiger partial charge in [-0.25, -0.2) is 0 Å². The first kappa shape index (κ1) is 15.8. The molecule has 2 atom stereocenters. The van der Waals surface area contributed by atoms with Crippen LogP contribution >= 0.6 is 15.9 Å². The highest BCUT2D eigenvalue weighted by atomic mass is 79.9. The summed E-state index contributed by atoms with van der Waals surface area (Å²) >= 11 is 3.63. The maximum Gasteiger partial charge on any atom is 0.125 e. The second-order valence-corrected chi connectivity index (χ2v) is 7.04. The smallest absolute Gasteiger partial charge is 0.125 e. The first-order chi connectivity index (χ1) is 9.52. The van der Waals surface area contributed by atoms with Gasteiger partial charge in [-0.15, -0.1) is 0 Å². The molecular weight excluding hydrogens is 314 g/mol. The van der Waals surface area contributed by atoms with Gasteiger partial charge in [-0.3, -0.25) is 0 Å². The fourth-order valence-corrected chi connectivity index (χ4v) is 3.46. The first-order valence-electron chi connectivity index (χ1n) is 7.70. The molecule has 0 saturated carbocycles. The van der Waals surface area contributed by atoms with Crippen LogP contribution in [0, 0.1) is 11.8 Å². The Morgan fingerprint density at radius 2 is 2.05 bits per heavy atom. The fraction of sp³-hybridized carbons (Fsp3) is 0.647. The van der Waals surface area contributed by atoms with Crippen molar-refractivity contribution >= 4 is 15.9 Å². The van der Waals surface area contributed by atoms with Crippen molar-refractivity contribution in [1.82, 2.24) is 5.32 Å². The number of nitrogens with one attached hydrogen (secondary N) is 1. The largest absolute Gasteiger partial charge is 0.493 e. The van der Waals surface area contributed by atoms with E-state index >= 15 is 0 Å². The molecule has 1 aliphatic rings. The van der Waals surface area contributed by atoms with E-state index in [1.54, 1.807) is 0 Å². The van der Waals surface area contributed by atoms with Gasteiger partial charge >= 0.3 is 0 Å². The molecule has 1 aliphatic heterocycles. The predicted molar refractivity (Wildman–Crippen MR) is 88.5 cm³/mol. The van der Waals surface area contributed by atoms with Crippen LogP contribution in [0.1, 0.15) is 38.8 Å². The van der Waals surface area contributed by atoms with Crippen LogP contribution in [0.5, 0.6) is 5.75 Å². The zero-order valence-corrected chi connectivity index (χ0v) is 14.6. The Kier molecular flexibility index (Phi) is 5.50. The highest BCUT2D eigenvalue weighted by Crippen LogP contribution is 2.34. The quantitative estimate of drug-likeness (QED) is 0.838. The number of halogens is 1. The molecule has 0 bridgehead atoms. The molecule has 2 rings (SSSR count). The third-order valence-corrected chi connectivity index (χ3v) is 4.88. The Balaban J connectivity index is 2.22. The molecule has 0 fully saturated rings. The molecule has 1 aromatic rings. The van der Waals surface area contributed by atoms with Crippen LogP contribution in [0.4, 0.5) is 0 Å². The first-order valence-corrected chi connectivity index (χ1v) is 8.49. The average molecular weight is 340 g/mol. The normalized spacial score (nSPS) is 16.9. The summed E-state index contributed by atoms with van der Waals surface area (Å²) in [7, 11) is 0. The van der Waals surface area contributed by atoms with Crippen LogP contribution in [-0.4, -0.2) is 19.2 Å². The molecular formula is C17H26BrNO. The summed E-state index contributed by atoms with van der Waals surface area (Å²) in [6.45, 7) is 11.0. The summed E-state index contributed by atoms with van der Waals surface area (Å²) < 4.78 is 7.03. The van der Waals surface area contributed by atoms with Crippen molar-refractivity contribution < 1.29 is 4.74 Å². The molecule has 1 heterocycles. The molecule has 0 aliphatic carbocycles. The van der Waals surface area contributed by atoms with Gasteiger partial charge in [0.25, 0.3) is 0 Å². The number of benzene rings is 1. The molecule has 0 spiro atoms. The van der Waals surface area contributed by atoms with Gasteiger partial charge in [0.2, 0.25) is 0 Å². The summed E-state index contributed by atoms with van der Waals surface area (Å²) in [6, 6.07) is 4.92. The Morgan fingerprint density at radius 3 is 2.70 bits per heavy atom. The zero-order chi connectivity index (χ0) is 14.7. The summed E-state index contributed by atoms with van der Waals surface area (Å²) in [5.74, 6) is 2.46. The van der Waals surface area contributed by atoms with Crippen molar-refractivity contribution in [3.63, 3.8) is 0 Å². The van der Waals surface area contributed by atoms with E-state index in [4.69, 9.17) is 4.74 Å². The Bertz CT molecular complexity index is 459. The van der Waals surface area contributed by atoms with E-state index < -0.39 is 0 Å². The van der Waals surface area contributed by atoms with Crippen molar-refractivity contribution in [3.05, 3.63) is 27.7 Å². The van der Waals surface area contributed by atoms with Gasteiger partial charge in [0.1, 0.15) is 5.75 Å². The van der Waals surface area contributed by atoms with Gasteiger partial charge in [0.15, 0.2) is 0 Å². The van der Waals surface area contributed by atoms with E-state index in [0.29, 0.717) is 17.9 Å². The van der Waals surface area contributed by atoms with Crippen LogP contribution in [0.15, 0.2) is 16.6 Å². The monoisotopic (exact) mass is 339 g/mol. The molecule has 2 nitrogen and oxygen atoms in total. The SMILES string of the molecule is CCNC(Cc1cc(Br)cc2c1OCC2)C(C)C(C)C. The van der Waals surface area contributed by atoms with Gasteiger partial charge in [-0.05, 0) is 48.1 Å². The van der Waals surface area contributed by atoms with Gasteiger partial charge in [0.05, 0.1) is 6.61 Å². The molecule has 20 heavy (non-hydrogen) atoms. The number of fused-ring (bicyclic) bond motifs is 1. The molecule has 3 heteroatoms. The van der Waals surface area contributed by atoms with Gasteiger partial charge in [-0.1, -0.05) is 43.6 Å². The van der Waals surface area contributed by atoms with E-state index in [2.05, 4.69) is 61.1 Å². The summed E-state index contributed by atoms with van der Waals surface area (Å²) in [4.78, 5) is 0. The van der Waals surface area contributed by atoms with Gasteiger partial charge < -0.3 is 10.1 Å². The lowest BCUT2D eigenvalue weighted by molar-refractivity contribution is 0.295. The van der Waals surface area contributed by atoms with Crippen molar-refractivity contribution in [1.29, 1.82) is 0 Å². The highest BCUT2D eigenvalue weighted by molar-refractivity contribution is 9.10. The lowest BCUT2D eigenvalue weighted by Gasteiger charge is -2.28. The number of rotatable bonds is 6. The van der Waals surface area contributed by atoms with Crippen LogP contribution in [-0.2, 0) is 12.8 Å². The van der Waals surface area contributed by atoms with Crippen LogP contribution in [0.2, 0.25) is 0 Å². The van der Waals surface area contributed by atoms with Crippen molar-refractivity contribution in [2.24, 2.45) is 11.8 Å². The molecule has 0 aromatic heterocycles. The lowest BCUT2D eigenvalue weighted by Crippen LogP contribution is -2.39. The highest BCUT2D eigenvalue weighted by Gasteiger charge is 2.24. The molecule has 1 N–H and O–H groups in total.